The fraction of sp³-hybridized carbons (Fsp3) is 0.348. The number of nitrogens with zero attached hydrogens (tertiary/aromatic N) is 3. The van der Waals surface area contributed by atoms with Crippen LogP contribution in [0.25, 0.3) is 11.1 Å². The summed E-state index contributed by atoms with van der Waals surface area (Å²) >= 11 is 0. The molecule has 1 saturated heterocycles. The van der Waals surface area contributed by atoms with Crippen LogP contribution in [-0.2, 0) is 11.2 Å². The average molecular weight is 422 g/mol. The molecule has 2 unspecified atom stereocenters. The van der Waals surface area contributed by atoms with Crippen LogP contribution in [0.3, 0.4) is 0 Å². The topological polar surface area (TPSA) is 93.3 Å². The number of benzene rings is 2. The van der Waals surface area contributed by atoms with E-state index < -0.39 is 11.9 Å². The van der Waals surface area contributed by atoms with E-state index in [1.807, 2.05) is 11.0 Å². The summed E-state index contributed by atoms with van der Waals surface area (Å²) in [5.41, 5.74) is 3.09. The van der Waals surface area contributed by atoms with Crippen LogP contribution in [-0.4, -0.2) is 53.5 Å². The van der Waals surface area contributed by atoms with Gasteiger partial charge in [-0.1, -0.05) is 18.2 Å². The average Bonchev–Trinajstić information content (AvgIpc) is 3.35. The summed E-state index contributed by atoms with van der Waals surface area (Å²) in [6.07, 6.45) is -0.221. The van der Waals surface area contributed by atoms with E-state index in [1.54, 1.807) is 48.3 Å². The number of likely N-dealkylation sites (tertiary alicyclic amines) is 1. The molecule has 1 fully saturated rings. The van der Waals surface area contributed by atoms with E-state index in [0.717, 1.165) is 11.1 Å². The van der Waals surface area contributed by atoms with Gasteiger partial charge in [-0.3, -0.25) is 14.7 Å². The Morgan fingerprint density at radius 3 is 2.97 bits per heavy atom. The maximum Gasteiger partial charge on any atom is 0.417 e. The van der Waals surface area contributed by atoms with Crippen molar-refractivity contribution in [1.29, 1.82) is 5.26 Å². The number of nitrogens with one attached hydrogen (secondary N) is 1. The second-order valence-electron chi connectivity index (χ2n) is 7.93. The van der Waals surface area contributed by atoms with Gasteiger partial charge in [-0.2, -0.15) is 5.26 Å². The number of nitriles is 1. The fourth-order valence-corrected chi connectivity index (χ4v) is 4.05. The number of carbonyl (C=O) groups excluding carboxylic acids is 1. The molecule has 4 rings (SSSR count). The number of alkyl halides is 1. The molecule has 2 aromatic carbocycles. The van der Waals surface area contributed by atoms with Crippen LogP contribution >= 0.6 is 0 Å². The minimum absolute atomic E-state index is 0.117. The number of amides is 1. The SMILES string of the molecule is CN(C(=O)Cc1ccc2oc(=O)[nH]c2c1)C(CN1CCC(F)C1)c1cccc(C#N)c1. The van der Waals surface area contributed by atoms with Gasteiger partial charge in [-0.15, -0.1) is 0 Å². The van der Waals surface area contributed by atoms with Crippen molar-refractivity contribution < 1.29 is 13.6 Å². The van der Waals surface area contributed by atoms with Crippen molar-refractivity contribution in [3.8, 4) is 6.07 Å². The van der Waals surface area contributed by atoms with Gasteiger partial charge in [0.1, 0.15) is 6.17 Å². The summed E-state index contributed by atoms with van der Waals surface area (Å²) in [6, 6.07) is 14.1. The zero-order valence-corrected chi connectivity index (χ0v) is 17.2. The van der Waals surface area contributed by atoms with Crippen LogP contribution in [0.4, 0.5) is 4.39 Å². The Balaban J connectivity index is 1.56. The molecule has 0 spiro atoms. The van der Waals surface area contributed by atoms with Crippen molar-refractivity contribution >= 4 is 17.0 Å². The van der Waals surface area contributed by atoms with E-state index in [1.165, 1.54) is 0 Å². The lowest BCUT2D eigenvalue weighted by atomic mass is 10.0. The van der Waals surface area contributed by atoms with Crippen molar-refractivity contribution in [2.24, 2.45) is 0 Å². The second-order valence-corrected chi connectivity index (χ2v) is 7.93. The predicted octanol–water partition coefficient (Wildman–Crippen LogP) is 2.78. The van der Waals surface area contributed by atoms with Gasteiger partial charge in [0, 0.05) is 26.7 Å². The standard InChI is InChI=1S/C23H23FN4O3/c1-27(22(29)11-15-5-6-21-19(10-15)26-23(30)31-21)20(14-28-8-7-18(24)13-28)17-4-2-3-16(9-17)12-25/h2-6,9-10,18,20H,7-8,11,13-14H2,1H3,(H,26,30). The zero-order chi connectivity index (χ0) is 22.0. The van der Waals surface area contributed by atoms with Gasteiger partial charge in [0.2, 0.25) is 5.91 Å². The number of oxazole rings is 1. The third-order valence-electron chi connectivity index (χ3n) is 5.75. The molecule has 3 aromatic rings. The van der Waals surface area contributed by atoms with Crippen molar-refractivity contribution in [1.82, 2.24) is 14.8 Å². The summed E-state index contributed by atoms with van der Waals surface area (Å²) in [7, 11) is 1.73. The normalized spacial score (nSPS) is 17.5. The predicted molar refractivity (Wildman–Crippen MR) is 113 cm³/mol. The van der Waals surface area contributed by atoms with Crippen LogP contribution in [0.5, 0.6) is 0 Å². The van der Waals surface area contributed by atoms with Gasteiger partial charge in [-0.05, 0) is 41.8 Å². The third kappa shape index (κ3) is 4.67. The van der Waals surface area contributed by atoms with Gasteiger partial charge in [0.25, 0.3) is 0 Å². The Kier molecular flexibility index (Phi) is 5.87. The van der Waals surface area contributed by atoms with Crippen LogP contribution in [0.15, 0.2) is 51.7 Å². The molecule has 1 aliphatic rings. The molecular weight excluding hydrogens is 399 g/mol. The smallest absolute Gasteiger partial charge is 0.408 e. The number of aromatic nitrogens is 1. The maximum absolute atomic E-state index is 13.7. The van der Waals surface area contributed by atoms with Crippen LogP contribution < -0.4 is 5.76 Å². The van der Waals surface area contributed by atoms with Gasteiger partial charge >= 0.3 is 5.76 Å². The molecule has 160 valence electrons. The number of aromatic amines is 1. The molecule has 1 N–H and O–H groups in total. The lowest BCUT2D eigenvalue weighted by molar-refractivity contribution is -0.131. The highest BCUT2D eigenvalue weighted by atomic mass is 19.1. The lowest BCUT2D eigenvalue weighted by Crippen LogP contribution is -2.39. The minimum atomic E-state index is -0.851. The first kappa shape index (κ1) is 20.8. The fourth-order valence-electron chi connectivity index (χ4n) is 4.05. The van der Waals surface area contributed by atoms with E-state index >= 15 is 0 Å². The molecule has 1 amide bonds. The Morgan fingerprint density at radius 2 is 2.23 bits per heavy atom. The van der Waals surface area contributed by atoms with Crippen LogP contribution in [0, 0.1) is 11.3 Å². The molecular formula is C23H23FN4O3. The van der Waals surface area contributed by atoms with Crippen LogP contribution in [0.2, 0.25) is 0 Å². The first-order valence-electron chi connectivity index (χ1n) is 10.2. The molecule has 8 heteroatoms. The number of carbonyl (C=O) groups is 1. The number of rotatable bonds is 6. The van der Waals surface area contributed by atoms with E-state index in [4.69, 9.17) is 4.42 Å². The summed E-state index contributed by atoms with van der Waals surface area (Å²) in [5.74, 6) is -0.654. The quantitative estimate of drug-likeness (QED) is 0.659. The highest BCUT2D eigenvalue weighted by Gasteiger charge is 2.29. The van der Waals surface area contributed by atoms with Gasteiger partial charge in [0.15, 0.2) is 5.58 Å². The van der Waals surface area contributed by atoms with E-state index in [0.29, 0.717) is 42.7 Å². The molecule has 0 aliphatic carbocycles. The molecule has 0 bridgehead atoms. The molecule has 1 aliphatic heterocycles. The van der Waals surface area contributed by atoms with Crippen molar-refractivity contribution in [2.75, 3.05) is 26.7 Å². The van der Waals surface area contributed by atoms with Gasteiger partial charge in [-0.25, -0.2) is 9.18 Å². The summed E-state index contributed by atoms with van der Waals surface area (Å²) in [5, 5.41) is 9.27. The maximum atomic E-state index is 13.7. The summed E-state index contributed by atoms with van der Waals surface area (Å²) in [6.45, 7) is 1.48. The van der Waals surface area contributed by atoms with Crippen molar-refractivity contribution in [3.05, 3.63) is 69.7 Å². The zero-order valence-electron chi connectivity index (χ0n) is 17.2. The Morgan fingerprint density at radius 1 is 1.39 bits per heavy atom. The third-order valence-corrected chi connectivity index (χ3v) is 5.75. The van der Waals surface area contributed by atoms with E-state index in [-0.39, 0.29) is 18.4 Å². The van der Waals surface area contributed by atoms with Crippen LogP contribution in [0.1, 0.15) is 29.2 Å². The number of halogens is 1. The largest absolute Gasteiger partial charge is 0.417 e. The lowest BCUT2D eigenvalue weighted by Gasteiger charge is -2.32. The molecule has 2 heterocycles. The molecule has 7 nitrogen and oxygen atoms in total. The number of likely N-dealkylation sites (N-methyl/N-ethyl adjacent to an activating group) is 1. The minimum Gasteiger partial charge on any atom is -0.408 e. The Bertz CT molecular complexity index is 1200. The highest BCUT2D eigenvalue weighted by molar-refractivity contribution is 5.81. The van der Waals surface area contributed by atoms with E-state index in [2.05, 4.69) is 11.1 Å². The second kappa shape index (κ2) is 8.74. The number of H-pyrrole nitrogens is 1. The molecule has 0 radical (unpaired) electrons. The molecule has 31 heavy (non-hydrogen) atoms. The van der Waals surface area contributed by atoms with Gasteiger partial charge < -0.3 is 9.32 Å². The number of hydrogen-bond donors (Lipinski definition) is 1. The van der Waals surface area contributed by atoms with Crippen molar-refractivity contribution in [3.63, 3.8) is 0 Å². The summed E-state index contributed by atoms with van der Waals surface area (Å²) in [4.78, 5) is 30.8. The van der Waals surface area contributed by atoms with E-state index in [9.17, 15) is 19.2 Å². The van der Waals surface area contributed by atoms with Crippen molar-refractivity contribution in [2.45, 2.75) is 25.1 Å². The Labute approximate surface area is 178 Å². The first-order valence-corrected chi connectivity index (χ1v) is 10.2. The molecule has 0 saturated carbocycles. The highest BCUT2D eigenvalue weighted by Crippen LogP contribution is 2.25. The summed E-state index contributed by atoms with van der Waals surface area (Å²) < 4.78 is 18.7. The molecule has 2 atom stereocenters. The monoisotopic (exact) mass is 422 g/mol. The first-order chi connectivity index (χ1) is 14.9. The number of hydrogen-bond acceptors (Lipinski definition) is 5. The Hall–Kier alpha value is -3.44. The molecule has 1 aromatic heterocycles. The van der Waals surface area contributed by atoms with Gasteiger partial charge in [0.05, 0.1) is 29.6 Å². The number of fused-ring (bicyclic) bond motifs is 1.